The topological polar surface area (TPSA) is 134 Å². The van der Waals surface area contributed by atoms with E-state index in [9.17, 15) is 24.3 Å². The Morgan fingerprint density at radius 3 is 2.07 bits per heavy atom. The Labute approximate surface area is 256 Å². The molecule has 3 amide bonds. The molecule has 0 spiro atoms. The van der Waals surface area contributed by atoms with E-state index in [-0.39, 0.29) is 24.5 Å². The van der Waals surface area contributed by atoms with Crippen LogP contribution in [0.25, 0.3) is 10.8 Å². The van der Waals surface area contributed by atoms with Gasteiger partial charge in [0.2, 0.25) is 11.8 Å². The van der Waals surface area contributed by atoms with Gasteiger partial charge >= 0.3 is 0 Å². The zero-order chi connectivity index (χ0) is 31.6. The zero-order valence-electron chi connectivity index (χ0n) is 24.9. The van der Waals surface area contributed by atoms with Crippen LogP contribution in [0.5, 0.6) is 11.5 Å². The molecular formula is C35H37N3O6. The molecule has 228 valence electrons. The van der Waals surface area contributed by atoms with Crippen LogP contribution < -0.4 is 20.7 Å². The van der Waals surface area contributed by atoms with Gasteiger partial charge in [0.15, 0.2) is 0 Å². The van der Waals surface area contributed by atoms with E-state index in [0.717, 1.165) is 16.3 Å². The normalized spacial score (nSPS) is 13.0. The minimum Gasteiger partial charge on any atom is -0.508 e. The summed E-state index contributed by atoms with van der Waals surface area (Å²) in [7, 11) is 1.56. The van der Waals surface area contributed by atoms with Crippen LogP contribution in [0.4, 0.5) is 0 Å². The van der Waals surface area contributed by atoms with Crippen LogP contribution >= 0.6 is 0 Å². The fourth-order valence-corrected chi connectivity index (χ4v) is 4.95. The Hall–Kier alpha value is -5.18. The summed E-state index contributed by atoms with van der Waals surface area (Å²) in [6, 6.07) is 23.5. The fraction of sp³-hybridized carbons (Fsp3) is 0.257. The van der Waals surface area contributed by atoms with Crippen LogP contribution in [-0.4, -0.2) is 54.3 Å². The van der Waals surface area contributed by atoms with Gasteiger partial charge in [-0.3, -0.25) is 14.4 Å². The van der Waals surface area contributed by atoms with Gasteiger partial charge in [0, 0.05) is 12.0 Å². The summed E-state index contributed by atoms with van der Waals surface area (Å²) in [5.74, 6) is -1.08. The Balaban J connectivity index is 1.52. The number of hydrogen-bond acceptors (Lipinski definition) is 6. The van der Waals surface area contributed by atoms with Gasteiger partial charge in [-0.2, -0.15) is 0 Å². The highest BCUT2D eigenvalue weighted by Gasteiger charge is 2.30. The number of rotatable bonds is 13. The molecule has 0 aliphatic heterocycles. The molecule has 9 nitrogen and oxygen atoms in total. The lowest BCUT2D eigenvalue weighted by atomic mass is 9.99. The lowest BCUT2D eigenvalue weighted by Crippen LogP contribution is -2.57. The van der Waals surface area contributed by atoms with Crippen molar-refractivity contribution in [1.29, 1.82) is 0 Å². The monoisotopic (exact) mass is 595 g/mol. The number of fused-ring (bicyclic) bond motifs is 1. The first-order valence-electron chi connectivity index (χ1n) is 14.4. The number of amides is 3. The van der Waals surface area contributed by atoms with Gasteiger partial charge in [0.1, 0.15) is 29.9 Å². The molecule has 0 fully saturated rings. The number of carbonyl (C=O) groups is 4. The molecule has 4 N–H and O–H groups in total. The molecule has 0 aromatic heterocycles. The molecule has 0 radical (unpaired) electrons. The van der Waals surface area contributed by atoms with Gasteiger partial charge in [0.25, 0.3) is 5.91 Å². The number of hydrogen-bond donors (Lipinski definition) is 4. The molecule has 4 aromatic rings. The third kappa shape index (κ3) is 8.22. The summed E-state index contributed by atoms with van der Waals surface area (Å²) in [6.07, 6.45) is 1.05. The summed E-state index contributed by atoms with van der Waals surface area (Å²) >= 11 is 0. The third-order valence-electron chi connectivity index (χ3n) is 7.39. The Morgan fingerprint density at radius 2 is 1.41 bits per heavy atom. The largest absolute Gasteiger partial charge is 0.508 e. The molecule has 4 aromatic carbocycles. The predicted molar refractivity (Wildman–Crippen MR) is 168 cm³/mol. The summed E-state index contributed by atoms with van der Waals surface area (Å²) in [5, 5.41) is 19.7. The molecule has 9 heteroatoms. The predicted octanol–water partition coefficient (Wildman–Crippen LogP) is 3.96. The molecule has 0 saturated carbocycles. The number of aromatic hydroxyl groups is 1. The second-order valence-electron chi connectivity index (χ2n) is 11.0. The van der Waals surface area contributed by atoms with Crippen molar-refractivity contribution >= 4 is 34.8 Å². The summed E-state index contributed by atoms with van der Waals surface area (Å²) in [6.45, 7) is 3.57. The van der Waals surface area contributed by atoms with Crippen LogP contribution in [0.1, 0.15) is 35.3 Å². The van der Waals surface area contributed by atoms with Crippen molar-refractivity contribution in [2.24, 2.45) is 5.92 Å². The highest BCUT2D eigenvalue weighted by Crippen LogP contribution is 2.19. The van der Waals surface area contributed by atoms with Gasteiger partial charge in [-0.25, -0.2) is 0 Å². The number of phenols is 1. The van der Waals surface area contributed by atoms with Crippen molar-refractivity contribution in [2.45, 2.75) is 44.8 Å². The Morgan fingerprint density at radius 1 is 0.773 bits per heavy atom. The number of benzene rings is 4. The van der Waals surface area contributed by atoms with Crippen LogP contribution in [-0.2, 0) is 27.2 Å². The Kier molecular flexibility index (Phi) is 10.7. The number of ether oxygens (including phenoxy) is 1. The van der Waals surface area contributed by atoms with Crippen LogP contribution in [0.3, 0.4) is 0 Å². The van der Waals surface area contributed by atoms with E-state index in [0.29, 0.717) is 23.2 Å². The molecule has 44 heavy (non-hydrogen) atoms. The molecule has 4 rings (SSSR count). The van der Waals surface area contributed by atoms with Crippen molar-refractivity contribution < 1.29 is 29.0 Å². The minimum atomic E-state index is -1.04. The minimum absolute atomic E-state index is 0.0745. The summed E-state index contributed by atoms with van der Waals surface area (Å²) < 4.78 is 5.17. The fourth-order valence-electron chi connectivity index (χ4n) is 4.95. The quantitative estimate of drug-likeness (QED) is 0.173. The number of phenolic OH excluding ortho intramolecular Hbond substituents is 1. The first-order chi connectivity index (χ1) is 21.2. The van der Waals surface area contributed by atoms with E-state index in [4.69, 9.17) is 4.74 Å². The molecule has 0 aliphatic carbocycles. The zero-order valence-corrected chi connectivity index (χ0v) is 24.9. The van der Waals surface area contributed by atoms with E-state index in [2.05, 4.69) is 16.0 Å². The van der Waals surface area contributed by atoms with E-state index < -0.39 is 35.8 Å². The van der Waals surface area contributed by atoms with E-state index in [1.807, 2.05) is 42.5 Å². The van der Waals surface area contributed by atoms with Crippen molar-refractivity contribution in [3.05, 3.63) is 108 Å². The van der Waals surface area contributed by atoms with Crippen LogP contribution in [0, 0.1) is 5.92 Å². The molecule has 0 bridgehead atoms. The van der Waals surface area contributed by atoms with Crippen molar-refractivity contribution in [1.82, 2.24) is 16.0 Å². The second-order valence-corrected chi connectivity index (χ2v) is 11.0. The molecule has 0 aliphatic rings. The van der Waals surface area contributed by atoms with Crippen molar-refractivity contribution in [2.75, 3.05) is 7.11 Å². The van der Waals surface area contributed by atoms with E-state index >= 15 is 0 Å². The van der Waals surface area contributed by atoms with E-state index in [1.165, 1.54) is 12.1 Å². The number of nitrogens with one attached hydrogen (secondary N) is 3. The van der Waals surface area contributed by atoms with Gasteiger partial charge in [-0.15, -0.1) is 0 Å². The van der Waals surface area contributed by atoms with Crippen LogP contribution in [0.2, 0.25) is 0 Å². The maximum Gasteiger partial charge on any atom is 0.252 e. The maximum absolute atomic E-state index is 13.7. The van der Waals surface area contributed by atoms with Crippen LogP contribution in [0.15, 0.2) is 91.0 Å². The van der Waals surface area contributed by atoms with Gasteiger partial charge in [-0.1, -0.05) is 74.5 Å². The lowest BCUT2D eigenvalue weighted by molar-refractivity contribution is -0.131. The molecule has 3 atom stereocenters. The molecule has 0 heterocycles. The standard InChI is InChI=1S/C35H37N3O6/c1-22(2)32(35(43)36-26(21-39)19-23-13-17-28(44-3)18-14-23)38-34(42)31(20-24-11-15-27(40)16-12-24)37-33(41)30-10-6-8-25-7-4-5-9-29(25)30/h4-18,21-22,26,31-32,40H,19-20H2,1-3H3,(H,36,43)(H,37,41)(H,38,42)/t26-,31-,32-/m0/s1. The Bertz CT molecular complexity index is 1600. The molecule has 0 saturated heterocycles. The average Bonchev–Trinajstić information content (AvgIpc) is 3.03. The van der Waals surface area contributed by atoms with Crippen molar-refractivity contribution in [3.8, 4) is 11.5 Å². The summed E-state index contributed by atoms with van der Waals surface area (Å²) in [4.78, 5) is 52.5. The first-order valence-corrected chi connectivity index (χ1v) is 14.4. The maximum atomic E-state index is 13.7. The smallest absolute Gasteiger partial charge is 0.252 e. The molecule has 0 unspecified atom stereocenters. The van der Waals surface area contributed by atoms with Crippen molar-refractivity contribution in [3.63, 3.8) is 0 Å². The lowest BCUT2D eigenvalue weighted by Gasteiger charge is -2.26. The third-order valence-corrected chi connectivity index (χ3v) is 7.39. The number of methoxy groups -OCH3 is 1. The molecular weight excluding hydrogens is 558 g/mol. The highest BCUT2D eigenvalue weighted by atomic mass is 16.5. The average molecular weight is 596 g/mol. The number of carbonyl (C=O) groups excluding carboxylic acids is 4. The second kappa shape index (κ2) is 14.8. The SMILES string of the molecule is COc1ccc(C[C@@H](C=O)NC(=O)[C@@H](NC(=O)[C@H](Cc2ccc(O)cc2)NC(=O)c2cccc3ccccc23)C(C)C)cc1. The highest BCUT2D eigenvalue weighted by molar-refractivity contribution is 6.08. The van der Waals surface area contributed by atoms with Gasteiger partial charge in [0.05, 0.1) is 13.2 Å². The first kappa shape index (κ1) is 31.7. The summed E-state index contributed by atoms with van der Waals surface area (Å²) in [5.41, 5.74) is 1.95. The van der Waals surface area contributed by atoms with Gasteiger partial charge < -0.3 is 30.6 Å². The van der Waals surface area contributed by atoms with Gasteiger partial charge in [-0.05, 0) is 64.6 Å². The number of aldehydes is 1. The van der Waals surface area contributed by atoms with E-state index in [1.54, 1.807) is 57.4 Å².